The van der Waals surface area contributed by atoms with Crippen molar-refractivity contribution in [2.75, 3.05) is 0 Å². The van der Waals surface area contributed by atoms with E-state index in [0.29, 0.717) is 5.41 Å². The topological polar surface area (TPSA) is 12.9 Å². The Balaban J connectivity index is 2.43. The van der Waals surface area contributed by atoms with Crippen molar-refractivity contribution in [2.24, 2.45) is 5.41 Å². The first-order valence-electron chi connectivity index (χ1n) is 5.80. The van der Waals surface area contributed by atoms with Gasteiger partial charge in [0, 0.05) is 11.1 Å². The fourth-order valence-corrected chi connectivity index (χ4v) is 1.91. The minimum Gasteiger partial charge on any atom is -0.253 e. The number of fused-ring (bicyclic) bond motifs is 1. The second kappa shape index (κ2) is 3.89. The molecule has 0 aliphatic rings. The van der Waals surface area contributed by atoms with Gasteiger partial charge >= 0.3 is 0 Å². The lowest BCUT2D eigenvalue weighted by atomic mass is 9.90. The lowest BCUT2D eigenvalue weighted by Gasteiger charge is -2.17. The Morgan fingerprint density at radius 3 is 2.44 bits per heavy atom. The summed E-state index contributed by atoms with van der Waals surface area (Å²) < 4.78 is 0. The fraction of sp³-hybridized carbons (Fsp3) is 0.400. The first kappa shape index (κ1) is 11.1. The van der Waals surface area contributed by atoms with E-state index in [1.807, 2.05) is 0 Å². The fourth-order valence-electron chi connectivity index (χ4n) is 1.91. The lowest BCUT2D eigenvalue weighted by molar-refractivity contribution is 0.407. The van der Waals surface area contributed by atoms with Gasteiger partial charge in [-0.15, -0.1) is 0 Å². The number of aryl methyl sites for hydroxylation is 1. The Labute approximate surface area is 97.5 Å². The molecule has 0 N–H and O–H groups in total. The summed E-state index contributed by atoms with van der Waals surface area (Å²) in [6.07, 6.45) is 1.02. The zero-order valence-corrected chi connectivity index (χ0v) is 10.5. The van der Waals surface area contributed by atoms with Gasteiger partial charge in [0.05, 0.1) is 5.52 Å². The molecule has 0 aliphatic heterocycles. The molecule has 0 aliphatic carbocycles. The van der Waals surface area contributed by atoms with E-state index >= 15 is 0 Å². The minimum atomic E-state index is 0.296. The van der Waals surface area contributed by atoms with Crippen molar-refractivity contribution in [3.05, 3.63) is 41.6 Å². The number of benzene rings is 1. The highest BCUT2D eigenvalue weighted by Crippen LogP contribution is 2.21. The van der Waals surface area contributed by atoms with Gasteiger partial charge in [-0.1, -0.05) is 39.0 Å². The van der Waals surface area contributed by atoms with Gasteiger partial charge in [-0.05, 0) is 36.5 Å². The van der Waals surface area contributed by atoms with Crippen molar-refractivity contribution < 1.29 is 0 Å². The summed E-state index contributed by atoms with van der Waals surface area (Å²) >= 11 is 0. The van der Waals surface area contributed by atoms with Gasteiger partial charge in [-0.25, -0.2) is 0 Å². The Bertz CT molecular complexity index is 506. The number of aromatic nitrogens is 1. The van der Waals surface area contributed by atoms with E-state index in [-0.39, 0.29) is 0 Å². The van der Waals surface area contributed by atoms with Crippen LogP contribution in [-0.4, -0.2) is 4.98 Å². The molecule has 84 valence electrons. The van der Waals surface area contributed by atoms with Gasteiger partial charge in [-0.2, -0.15) is 0 Å². The molecule has 1 nitrogen and oxygen atoms in total. The monoisotopic (exact) mass is 213 g/mol. The third-order valence-corrected chi connectivity index (χ3v) is 2.62. The van der Waals surface area contributed by atoms with Crippen LogP contribution in [0.4, 0.5) is 0 Å². The van der Waals surface area contributed by atoms with E-state index in [9.17, 15) is 0 Å². The maximum absolute atomic E-state index is 4.72. The van der Waals surface area contributed by atoms with Crippen LogP contribution in [0.2, 0.25) is 0 Å². The van der Waals surface area contributed by atoms with Gasteiger partial charge in [0.15, 0.2) is 0 Å². The standard InChI is InChI=1S/C15H19N/c1-11-5-6-12-7-8-13(10-15(2,3)4)16-14(12)9-11/h5-9H,10H2,1-4H3. The van der Waals surface area contributed by atoms with Crippen LogP contribution in [0.5, 0.6) is 0 Å². The van der Waals surface area contributed by atoms with E-state index < -0.39 is 0 Å². The number of rotatable bonds is 1. The molecule has 2 rings (SSSR count). The molecule has 2 aromatic rings. The summed E-state index contributed by atoms with van der Waals surface area (Å²) in [5.74, 6) is 0. The highest BCUT2D eigenvalue weighted by molar-refractivity contribution is 5.79. The average Bonchev–Trinajstić information content (AvgIpc) is 2.14. The highest BCUT2D eigenvalue weighted by atomic mass is 14.7. The smallest absolute Gasteiger partial charge is 0.0707 e. The molecule has 1 heteroatoms. The van der Waals surface area contributed by atoms with Gasteiger partial charge < -0.3 is 0 Å². The average molecular weight is 213 g/mol. The van der Waals surface area contributed by atoms with Crippen molar-refractivity contribution in [3.8, 4) is 0 Å². The number of pyridine rings is 1. The van der Waals surface area contributed by atoms with E-state index in [1.165, 1.54) is 16.6 Å². The van der Waals surface area contributed by atoms with Gasteiger partial charge in [-0.3, -0.25) is 4.98 Å². The Hall–Kier alpha value is -1.37. The summed E-state index contributed by atoms with van der Waals surface area (Å²) in [4.78, 5) is 4.72. The van der Waals surface area contributed by atoms with Crippen LogP contribution in [0.1, 0.15) is 32.0 Å². The molecule has 0 atom stereocenters. The Morgan fingerprint density at radius 2 is 1.75 bits per heavy atom. The Morgan fingerprint density at radius 1 is 1.06 bits per heavy atom. The number of hydrogen-bond acceptors (Lipinski definition) is 1. The van der Waals surface area contributed by atoms with Gasteiger partial charge in [0.25, 0.3) is 0 Å². The van der Waals surface area contributed by atoms with Crippen LogP contribution in [0.25, 0.3) is 10.9 Å². The van der Waals surface area contributed by atoms with Gasteiger partial charge in [0.1, 0.15) is 0 Å². The molecule has 0 unspecified atom stereocenters. The first-order valence-corrected chi connectivity index (χ1v) is 5.80. The molecule has 1 heterocycles. The molecular formula is C15H19N. The maximum Gasteiger partial charge on any atom is 0.0707 e. The van der Waals surface area contributed by atoms with Crippen LogP contribution in [-0.2, 0) is 6.42 Å². The summed E-state index contributed by atoms with van der Waals surface area (Å²) in [5, 5.41) is 1.23. The largest absolute Gasteiger partial charge is 0.253 e. The molecule has 0 spiro atoms. The molecule has 1 aromatic heterocycles. The molecule has 0 amide bonds. The van der Waals surface area contributed by atoms with Crippen molar-refractivity contribution in [1.29, 1.82) is 0 Å². The zero-order valence-electron chi connectivity index (χ0n) is 10.5. The minimum absolute atomic E-state index is 0.296. The van der Waals surface area contributed by atoms with Crippen LogP contribution >= 0.6 is 0 Å². The normalized spacial score (nSPS) is 12.0. The van der Waals surface area contributed by atoms with Crippen LogP contribution < -0.4 is 0 Å². The maximum atomic E-state index is 4.72. The van der Waals surface area contributed by atoms with E-state index in [1.54, 1.807) is 0 Å². The molecule has 0 saturated heterocycles. The van der Waals surface area contributed by atoms with Gasteiger partial charge in [0.2, 0.25) is 0 Å². The number of nitrogens with zero attached hydrogens (tertiary/aromatic N) is 1. The van der Waals surface area contributed by atoms with Crippen molar-refractivity contribution in [1.82, 2.24) is 4.98 Å². The quantitative estimate of drug-likeness (QED) is 0.694. The summed E-state index contributed by atoms with van der Waals surface area (Å²) in [6, 6.07) is 10.7. The van der Waals surface area contributed by atoms with E-state index in [2.05, 4.69) is 58.0 Å². The van der Waals surface area contributed by atoms with Crippen molar-refractivity contribution in [2.45, 2.75) is 34.1 Å². The van der Waals surface area contributed by atoms with Crippen molar-refractivity contribution >= 4 is 10.9 Å². The van der Waals surface area contributed by atoms with E-state index in [0.717, 1.165) is 11.9 Å². The predicted molar refractivity (Wildman–Crippen MR) is 69.6 cm³/mol. The molecule has 16 heavy (non-hydrogen) atoms. The lowest BCUT2D eigenvalue weighted by Crippen LogP contribution is -2.10. The predicted octanol–water partition coefficient (Wildman–Crippen LogP) is 4.13. The summed E-state index contributed by atoms with van der Waals surface area (Å²) in [6.45, 7) is 8.84. The third-order valence-electron chi connectivity index (χ3n) is 2.62. The van der Waals surface area contributed by atoms with E-state index in [4.69, 9.17) is 4.98 Å². The first-order chi connectivity index (χ1) is 7.44. The zero-order chi connectivity index (χ0) is 11.8. The molecule has 0 fully saturated rings. The third kappa shape index (κ3) is 2.60. The summed E-state index contributed by atoms with van der Waals surface area (Å²) in [5.41, 5.74) is 3.87. The molecule has 0 saturated carbocycles. The second-order valence-electron chi connectivity index (χ2n) is 5.74. The second-order valence-corrected chi connectivity index (χ2v) is 5.74. The molecule has 0 bridgehead atoms. The molecule has 1 aromatic carbocycles. The summed E-state index contributed by atoms with van der Waals surface area (Å²) in [7, 11) is 0. The van der Waals surface area contributed by atoms with Crippen molar-refractivity contribution in [3.63, 3.8) is 0 Å². The Kier molecular flexibility index (Phi) is 2.71. The highest BCUT2D eigenvalue weighted by Gasteiger charge is 2.12. The SMILES string of the molecule is Cc1ccc2ccc(CC(C)(C)C)nc2c1. The molecule has 0 radical (unpaired) electrons. The van der Waals surface area contributed by atoms with Crippen LogP contribution in [0, 0.1) is 12.3 Å². The van der Waals surface area contributed by atoms with Crippen LogP contribution in [0.15, 0.2) is 30.3 Å². The number of hydrogen-bond donors (Lipinski definition) is 0. The molecular weight excluding hydrogens is 194 g/mol. The van der Waals surface area contributed by atoms with Crippen LogP contribution in [0.3, 0.4) is 0 Å².